The fourth-order valence-electron chi connectivity index (χ4n) is 2.52. The summed E-state index contributed by atoms with van der Waals surface area (Å²) in [6.45, 7) is 1.77. The summed E-state index contributed by atoms with van der Waals surface area (Å²) in [5, 5.41) is 5.49. The summed E-state index contributed by atoms with van der Waals surface area (Å²) in [5.41, 5.74) is 2.24. The molecule has 0 fully saturated rings. The molecule has 0 bridgehead atoms. The molecule has 0 radical (unpaired) electrons. The molecule has 6 heteroatoms. The monoisotopic (exact) mass is 390 g/mol. The van der Waals surface area contributed by atoms with Crippen molar-refractivity contribution in [1.82, 2.24) is 0 Å². The zero-order valence-electron chi connectivity index (χ0n) is 16.1. The molecule has 3 rings (SSSR count). The smallest absolute Gasteiger partial charge is 0.262 e. The number of para-hydroxylation sites is 1. The molecular weight excluding hydrogens is 368 g/mol. The van der Waals surface area contributed by atoms with Crippen molar-refractivity contribution < 1.29 is 19.1 Å². The first kappa shape index (κ1) is 19.9. The molecule has 3 aromatic carbocycles. The minimum atomic E-state index is -0.292. The van der Waals surface area contributed by atoms with Crippen molar-refractivity contribution in [2.75, 3.05) is 23.8 Å². The number of amides is 2. The molecule has 0 aromatic heterocycles. The van der Waals surface area contributed by atoms with Gasteiger partial charge >= 0.3 is 0 Å². The third-order valence-corrected chi connectivity index (χ3v) is 3.93. The highest BCUT2D eigenvalue weighted by molar-refractivity contribution is 5.95. The number of anilines is 2. The first-order chi connectivity index (χ1) is 14.1. The normalized spacial score (nSPS) is 10.1. The second kappa shape index (κ2) is 9.94. The molecule has 0 aliphatic rings. The first-order valence-electron chi connectivity index (χ1n) is 9.15. The predicted molar refractivity (Wildman–Crippen MR) is 112 cm³/mol. The Morgan fingerprint density at radius 2 is 1.21 bits per heavy atom. The summed E-state index contributed by atoms with van der Waals surface area (Å²) >= 11 is 0. The van der Waals surface area contributed by atoms with E-state index in [1.807, 2.05) is 49.4 Å². The van der Waals surface area contributed by atoms with Crippen molar-refractivity contribution in [3.63, 3.8) is 0 Å². The summed E-state index contributed by atoms with van der Waals surface area (Å²) in [6, 6.07) is 23.5. The van der Waals surface area contributed by atoms with Crippen molar-refractivity contribution in [1.29, 1.82) is 0 Å². The van der Waals surface area contributed by atoms with Crippen LogP contribution in [0.1, 0.15) is 5.56 Å². The van der Waals surface area contributed by atoms with E-state index in [1.165, 1.54) is 0 Å². The van der Waals surface area contributed by atoms with E-state index in [0.717, 1.165) is 5.56 Å². The van der Waals surface area contributed by atoms with Gasteiger partial charge in [-0.25, -0.2) is 0 Å². The number of ether oxygens (including phenoxy) is 2. The standard InChI is InChI=1S/C23H22N2O4/c1-17-10-12-21(13-11-17)29-16-23(27)25-19-7-5-6-18(14-19)24-22(26)15-28-20-8-3-2-4-9-20/h2-14H,15-16H2,1H3,(H,24,26)(H,25,27). The van der Waals surface area contributed by atoms with E-state index in [1.54, 1.807) is 36.4 Å². The topological polar surface area (TPSA) is 76.7 Å². The summed E-state index contributed by atoms with van der Waals surface area (Å²) in [7, 11) is 0. The molecule has 2 N–H and O–H groups in total. The van der Waals surface area contributed by atoms with Crippen LogP contribution in [0.15, 0.2) is 78.9 Å². The number of carbonyl (C=O) groups is 2. The number of rotatable bonds is 8. The Kier molecular flexibility index (Phi) is 6.84. The van der Waals surface area contributed by atoms with Crippen molar-refractivity contribution >= 4 is 23.2 Å². The van der Waals surface area contributed by atoms with Gasteiger partial charge in [0.05, 0.1) is 0 Å². The van der Waals surface area contributed by atoms with E-state index in [0.29, 0.717) is 22.9 Å². The Balaban J connectivity index is 1.47. The van der Waals surface area contributed by atoms with E-state index in [2.05, 4.69) is 10.6 Å². The maximum absolute atomic E-state index is 12.1. The maximum atomic E-state index is 12.1. The summed E-state index contributed by atoms with van der Waals surface area (Å²) in [4.78, 5) is 24.2. The molecule has 0 aliphatic heterocycles. The SMILES string of the molecule is Cc1ccc(OCC(=O)Nc2cccc(NC(=O)COc3ccccc3)c2)cc1. The molecular formula is C23H22N2O4. The van der Waals surface area contributed by atoms with Gasteiger partial charge in [-0.1, -0.05) is 42.0 Å². The number of carbonyl (C=O) groups excluding carboxylic acids is 2. The zero-order valence-corrected chi connectivity index (χ0v) is 16.1. The number of hydrogen-bond donors (Lipinski definition) is 2. The lowest BCUT2D eigenvalue weighted by Crippen LogP contribution is -2.21. The van der Waals surface area contributed by atoms with Crippen LogP contribution in [0.3, 0.4) is 0 Å². The summed E-state index contributed by atoms with van der Waals surface area (Å²) in [6.07, 6.45) is 0. The number of nitrogens with one attached hydrogen (secondary N) is 2. The van der Waals surface area contributed by atoms with Gasteiger partial charge in [0.1, 0.15) is 11.5 Å². The molecule has 0 atom stereocenters. The van der Waals surface area contributed by atoms with Gasteiger partial charge in [0.25, 0.3) is 11.8 Å². The lowest BCUT2D eigenvalue weighted by Gasteiger charge is -2.10. The third-order valence-electron chi connectivity index (χ3n) is 3.93. The molecule has 0 heterocycles. The van der Waals surface area contributed by atoms with Crippen molar-refractivity contribution in [3.8, 4) is 11.5 Å². The minimum absolute atomic E-state index is 0.106. The van der Waals surface area contributed by atoms with Crippen LogP contribution in [0.5, 0.6) is 11.5 Å². The van der Waals surface area contributed by atoms with E-state index in [-0.39, 0.29) is 25.0 Å². The Morgan fingerprint density at radius 3 is 1.76 bits per heavy atom. The zero-order chi connectivity index (χ0) is 20.5. The van der Waals surface area contributed by atoms with Crippen LogP contribution in [0, 0.1) is 6.92 Å². The number of aryl methyl sites for hydroxylation is 1. The second-order valence-electron chi connectivity index (χ2n) is 6.38. The Labute approximate surface area is 169 Å². The fraction of sp³-hybridized carbons (Fsp3) is 0.130. The molecule has 2 amide bonds. The maximum Gasteiger partial charge on any atom is 0.262 e. The van der Waals surface area contributed by atoms with Gasteiger partial charge < -0.3 is 20.1 Å². The Morgan fingerprint density at radius 1 is 0.690 bits per heavy atom. The minimum Gasteiger partial charge on any atom is -0.484 e. The molecule has 29 heavy (non-hydrogen) atoms. The van der Waals surface area contributed by atoms with Gasteiger partial charge in [-0.3, -0.25) is 9.59 Å². The van der Waals surface area contributed by atoms with E-state index in [4.69, 9.17) is 9.47 Å². The van der Waals surface area contributed by atoms with Gasteiger partial charge in [-0.15, -0.1) is 0 Å². The van der Waals surface area contributed by atoms with Crippen LogP contribution in [0.4, 0.5) is 11.4 Å². The number of hydrogen-bond acceptors (Lipinski definition) is 4. The van der Waals surface area contributed by atoms with Gasteiger partial charge in [0.15, 0.2) is 13.2 Å². The molecule has 0 spiro atoms. The molecule has 0 unspecified atom stereocenters. The van der Waals surface area contributed by atoms with E-state index < -0.39 is 0 Å². The first-order valence-corrected chi connectivity index (χ1v) is 9.15. The van der Waals surface area contributed by atoms with Crippen LogP contribution >= 0.6 is 0 Å². The lowest BCUT2D eigenvalue weighted by atomic mass is 10.2. The molecule has 3 aromatic rings. The fourth-order valence-corrected chi connectivity index (χ4v) is 2.52. The van der Waals surface area contributed by atoms with Crippen LogP contribution in [-0.2, 0) is 9.59 Å². The van der Waals surface area contributed by atoms with Crippen LogP contribution < -0.4 is 20.1 Å². The van der Waals surface area contributed by atoms with Crippen LogP contribution in [0.2, 0.25) is 0 Å². The molecule has 0 saturated carbocycles. The quantitative estimate of drug-likeness (QED) is 0.609. The Hall–Kier alpha value is -3.80. The van der Waals surface area contributed by atoms with Crippen molar-refractivity contribution in [3.05, 3.63) is 84.4 Å². The second-order valence-corrected chi connectivity index (χ2v) is 6.38. The van der Waals surface area contributed by atoms with Gasteiger partial charge in [-0.05, 0) is 49.4 Å². The van der Waals surface area contributed by atoms with Crippen LogP contribution in [-0.4, -0.2) is 25.0 Å². The van der Waals surface area contributed by atoms with Crippen molar-refractivity contribution in [2.24, 2.45) is 0 Å². The Bertz CT molecular complexity index is 956. The molecule has 0 saturated heterocycles. The largest absolute Gasteiger partial charge is 0.484 e. The lowest BCUT2D eigenvalue weighted by molar-refractivity contribution is -0.118. The average Bonchev–Trinajstić information content (AvgIpc) is 2.73. The average molecular weight is 390 g/mol. The third kappa shape index (κ3) is 6.70. The molecule has 0 aliphatic carbocycles. The highest BCUT2D eigenvalue weighted by atomic mass is 16.5. The summed E-state index contributed by atoms with van der Waals surface area (Å²) < 4.78 is 10.9. The van der Waals surface area contributed by atoms with Gasteiger partial charge in [0, 0.05) is 11.4 Å². The highest BCUT2D eigenvalue weighted by Gasteiger charge is 2.07. The number of benzene rings is 3. The van der Waals surface area contributed by atoms with Gasteiger partial charge in [0.2, 0.25) is 0 Å². The van der Waals surface area contributed by atoms with Crippen molar-refractivity contribution in [2.45, 2.75) is 6.92 Å². The molecule has 6 nitrogen and oxygen atoms in total. The van der Waals surface area contributed by atoms with E-state index in [9.17, 15) is 9.59 Å². The van der Waals surface area contributed by atoms with Gasteiger partial charge in [-0.2, -0.15) is 0 Å². The predicted octanol–water partition coefficient (Wildman–Crippen LogP) is 4.03. The van der Waals surface area contributed by atoms with Crippen LogP contribution in [0.25, 0.3) is 0 Å². The highest BCUT2D eigenvalue weighted by Crippen LogP contribution is 2.16. The van der Waals surface area contributed by atoms with E-state index >= 15 is 0 Å². The summed E-state index contributed by atoms with van der Waals surface area (Å²) in [5.74, 6) is 0.670. The molecule has 148 valence electrons.